The molecular weight excluding hydrogens is 294 g/mol. The number of carbonyl (C=O) groups excluding carboxylic acids is 2. The van der Waals surface area contributed by atoms with Crippen LogP contribution in [-0.4, -0.2) is 39.6 Å². The summed E-state index contributed by atoms with van der Waals surface area (Å²) in [4.78, 5) is 25.5. The van der Waals surface area contributed by atoms with E-state index in [0.717, 1.165) is 11.4 Å². The van der Waals surface area contributed by atoms with Crippen LogP contribution in [0.1, 0.15) is 24.2 Å². The van der Waals surface area contributed by atoms with E-state index >= 15 is 0 Å². The number of piperidine rings is 1. The van der Waals surface area contributed by atoms with Crippen LogP contribution in [0.5, 0.6) is 0 Å². The van der Waals surface area contributed by atoms with Crippen LogP contribution in [0, 0.1) is 19.8 Å². The highest BCUT2D eigenvalue weighted by Crippen LogP contribution is 2.20. The highest BCUT2D eigenvalue weighted by Gasteiger charge is 2.27. The number of hydrazine groups is 1. The van der Waals surface area contributed by atoms with E-state index in [1.165, 1.54) is 0 Å². The van der Waals surface area contributed by atoms with Gasteiger partial charge in [0, 0.05) is 19.0 Å². The number of halogens is 1. The lowest BCUT2D eigenvalue weighted by atomic mass is 9.96. The molecule has 0 radical (unpaired) electrons. The quantitative estimate of drug-likeness (QED) is 0.479. The van der Waals surface area contributed by atoms with Crippen LogP contribution < -0.4 is 11.3 Å². The molecule has 0 bridgehead atoms. The van der Waals surface area contributed by atoms with E-state index in [4.69, 9.17) is 17.4 Å². The minimum Gasteiger partial charge on any atom is -0.341 e. The molecule has 2 heterocycles. The Bertz CT molecular complexity index is 549. The van der Waals surface area contributed by atoms with Crippen molar-refractivity contribution >= 4 is 23.4 Å². The Hall–Kier alpha value is -1.60. The van der Waals surface area contributed by atoms with E-state index in [-0.39, 0.29) is 24.3 Å². The zero-order valence-corrected chi connectivity index (χ0v) is 13.0. The summed E-state index contributed by atoms with van der Waals surface area (Å²) < 4.78 is 1.62. The Kier molecular flexibility index (Phi) is 4.84. The van der Waals surface area contributed by atoms with Gasteiger partial charge in [-0.15, -0.1) is 0 Å². The molecule has 1 fully saturated rings. The summed E-state index contributed by atoms with van der Waals surface area (Å²) in [5.74, 6) is 4.85. The maximum atomic E-state index is 12.3. The van der Waals surface area contributed by atoms with Crippen molar-refractivity contribution in [2.45, 2.75) is 33.2 Å². The summed E-state index contributed by atoms with van der Waals surface area (Å²) in [6.45, 7) is 4.95. The molecule has 2 rings (SSSR count). The number of carbonyl (C=O) groups is 2. The first kappa shape index (κ1) is 15.8. The fourth-order valence-corrected chi connectivity index (χ4v) is 2.70. The maximum Gasteiger partial charge on any atom is 0.244 e. The summed E-state index contributed by atoms with van der Waals surface area (Å²) in [7, 11) is 0. The van der Waals surface area contributed by atoms with E-state index in [1.807, 2.05) is 13.8 Å². The van der Waals surface area contributed by atoms with Gasteiger partial charge in [-0.05, 0) is 26.7 Å². The molecule has 1 aromatic heterocycles. The number of rotatable bonds is 3. The van der Waals surface area contributed by atoms with Crippen molar-refractivity contribution in [2.24, 2.45) is 11.8 Å². The topological polar surface area (TPSA) is 93.2 Å². The molecule has 1 aliphatic heterocycles. The monoisotopic (exact) mass is 313 g/mol. The third-order valence-electron chi connectivity index (χ3n) is 3.94. The average molecular weight is 314 g/mol. The van der Waals surface area contributed by atoms with Gasteiger partial charge < -0.3 is 4.90 Å². The van der Waals surface area contributed by atoms with Gasteiger partial charge in [0.25, 0.3) is 0 Å². The summed E-state index contributed by atoms with van der Waals surface area (Å²) in [5.41, 5.74) is 3.68. The van der Waals surface area contributed by atoms with Crippen LogP contribution in [0.4, 0.5) is 0 Å². The van der Waals surface area contributed by atoms with Gasteiger partial charge in [0.1, 0.15) is 6.54 Å². The van der Waals surface area contributed by atoms with Gasteiger partial charge in [-0.1, -0.05) is 11.6 Å². The second-order valence-corrected chi connectivity index (χ2v) is 5.68. The van der Waals surface area contributed by atoms with Gasteiger partial charge in [-0.3, -0.25) is 19.7 Å². The minimum absolute atomic E-state index is 0.0103. The first-order chi connectivity index (χ1) is 9.93. The number of nitrogens with two attached hydrogens (primary N) is 1. The zero-order valence-electron chi connectivity index (χ0n) is 12.2. The van der Waals surface area contributed by atoms with Crippen molar-refractivity contribution in [3.63, 3.8) is 0 Å². The van der Waals surface area contributed by atoms with Gasteiger partial charge in [0.15, 0.2) is 0 Å². The third kappa shape index (κ3) is 3.36. The first-order valence-electron chi connectivity index (χ1n) is 6.91. The van der Waals surface area contributed by atoms with Crippen LogP contribution in [-0.2, 0) is 16.1 Å². The average Bonchev–Trinajstić information content (AvgIpc) is 2.74. The van der Waals surface area contributed by atoms with Gasteiger partial charge in [0.05, 0.1) is 16.4 Å². The van der Waals surface area contributed by atoms with Crippen molar-refractivity contribution in [2.75, 3.05) is 13.1 Å². The van der Waals surface area contributed by atoms with Crippen molar-refractivity contribution in [1.29, 1.82) is 0 Å². The first-order valence-corrected chi connectivity index (χ1v) is 7.29. The number of nitrogens with zero attached hydrogens (tertiary/aromatic N) is 3. The van der Waals surface area contributed by atoms with Gasteiger partial charge >= 0.3 is 0 Å². The molecule has 0 saturated carbocycles. The standard InChI is InChI=1S/C13H20ClN5O2/c1-8-12(14)9(2)19(17-8)7-11(20)18-5-3-10(4-6-18)13(21)16-15/h10H,3-7,15H2,1-2H3,(H,16,21). The van der Waals surface area contributed by atoms with E-state index in [0.29, 0.717) is 31.0 Å². The van der Waals surface area contributed by atoms with E-state index in [9.17, 15) is 9.59 Å². The molecule has 0 atom stereocenters. The number of hydrogen-bond acceptors (Lipinski definition) is 4. The molecule has 8 heteroatoms. The summed E-state index contributed by atoms with van der Waals surface area (Å²) in [6, 6.07) is 0. The van der Waals surface area contributed by atoms with E-state index in [1.54, 1.807) is 9.58 Å². The molecule has 1 saturated heterocycles. The third-order valence-corrected chi connectivity index (χ3v) is 4.49. The number of likely N-dealkylation sites (tertiary alicyclic amines) is 1. The number of amides is 2. The number of aromatic nitrogens is 2. The van der Waals surface area contributed by atoms with Crippen molar-refractivity contribution in [3.05, 3.63) is 16.4 Å². The highest BCUT2D eigenvalue weighted by molar-refractivity contribution is 6.31. The highest BCUT2D eigenvalue weighted by atomic mass is 35.5. The maximum absolute atomic E-state index is 12.3. The van der Waals surface area contributed by atoms with Crippen molar-refractivity contribution in [3.8, 4) is 0 Å². The van der Waals surface area contributed by atoms with E-state index in [2.05, 4.69) is 10.5 Å². The van der Waals surface area contributed by atoms with Crippen LogP contribution in [0.15, 0.2) is 0 Å². The predicted octanol–water partition coefficient (Wildman–Crippen LogP) is 0.382. The fourth-order valence-electron chi connectivity index (χ4n) is 2.57. The molecular formula is C13H20ClN5O2. The largest absolute Gasteiger partial charge is 0.341 e. The smallest absolute Gasteiger partial charge is 0.244 e. The Balaban J connectivity index is 1.93. The molecule has 3 N–H and O–H groups in total. The predicted molar refractivity (Wildman–Crippen MR) is 78.3 cm³/mol. The minimum atomic E-state index is -0.160. The van der Waals surface area contributed by atoms with Gasteiger partial charge in [0.2, 0.25) is 11.8 Å². The lowest BCUT2D eigenvalue weighted by molar-refractivity contribution is -0.136. The van der Waals surface area contributed by atoms with Crippen LogP contribution in [0.2, 0.25) is 5.02 Å². The molecule has 0 spiro atoms. The van der Waals surface area contributed by atoms with Gasteiger partial charge in [-0.2, -0.15) is 5.10 Å². The second-order valence-electron chi connectivity index (χ2n) is 5.31. The Labute approximate surface area is 128 Å². The lowest BCUT2D eigenvalue weighted by Gasteiger charge is -2.31. The zero-order chi connectivity index (χ0) is 15.6. The number of nitrogens with one attached hydrogen (secondary N) is 1. The molecule has 0 unspecified atom stereocenters. The number of hydrogen-bond donors (Lipinski definition) is 2. The molecule has 1 aromatic rings. The molecule has 7 nitrogen and oxygen atoms in total. The normalized spacial score (nSPS) is 16.1. The van der Waals surface area contributed by atoms with E-state index < -0.39 is 0 Å². The Morgan fingerprint density at radius 3 is 2.48 bits per heavy atom. The Morgan fingerprint density at radius 2 is 2.00 bits per heavy atom. The van der Waals surface area contributed by atoms with Crippen LogP contribution in [0.3, 0.4) is 0 Å². The lowest BCUT2D eigenvalue weighted by Crippen LogP contribution is -2.45. The molecule has 2 amide bonds. The van der Waals surface area contributed by atoms with Crippen LogP contribution in [0.25, 0.3) is 0 Å². The van der Waals surface area contributed by atoms with Crippen LogP contribution >= 0.6 is 11.6 Å². The van der Waals surface area contributed by atoms with Crippen molar-refractivity contribution in [1.82, 2.24) is 20.1 Å². The molecule has 1 aliphatic rings. The van der Waals surface area contributed by atoms with Crippen molar-refractivity contribution < 1.29 is 9.59 Å². The molecule has 116 valence electrons. The fraction of sp³-hybridized carbons (Fsp3) is 0.615. The molecule has 0 aromatic carbocycles. The Morgan fingerprint density at radius 1 is 1.38 bits per heavy atom. The number of aryl methyl sites for hydroxylation is 1. The summed E-state index contributed by atoms with van der Waals surface area (Å²) in [6.07, 6.45) is 1.26. The SMILES string of the molecule is Cc1nn(CC(=O)N2CCC(C(=O)NN)CC2)c(C)c1Cl. The molecule has 21 heavy (non-hydrogen) atoms. The van der Waals surface area contributed by atoms with Gasteiger partial charge in [-0.25, -0.2) is 5.84 Å². The molecule has 0 aliphatic carbocycles. The summed E-state index contributed by atoms with van der Waals surface area (Å²) in [5, 5.41) is 4.86. The summed E-state index contributed by atoms with van der Waals surface area (Å²) >= 11 is 6.07. The second kappa shape index (κ2) is 6.44.